The van der Waals surface area contributed by atoms with E-state index in [9.17, 15) is 18.0 Å². The van der Waals surface area contributed by atoms with Crippen LogP contribution in [0.15, 0.2) is 18.2 Å². The normalized spacial score (nSPS) is 22.9. The van der Waals surface area contributed by atoms with Crippen LogP contribution < -0.4 is 10.6 Å². The van der Waals surface area contributed by atoms with Crippen LogP contribution in [0.3, 0.4) is 0 Å². The summed E-state index contributed by atoms with van der Waals surface area (Å²) >= 11 is 0. The molecule has 1 heterocycles. The quantitative estimate of drug-likeness (QED) is 0.879. The highest BCUT2D eigenvalue weighted by molar-refractivity contribution is 5.93. The van der Waals surface area contributed by atoms with E-state index in [1.807, 2.05) is 6.92 Å². The largest absolute Gasteiger partial charge is 0.416 e. The zero-order chi connectivity index (χ0) is 15.6. The number of aryl methyl sites for hydroxylation is 1. The van der Waals surface area contributed by atoms with Crippen molar-refractivity contribution < 1.29 is 18.0 Å². The molecule has 0 aromatic heterocycles. The van der Waals surface area contributed by atoms with Crippen LogP contribution in [0.5, 0.6) is 0 Å². The van der Waals surface area contributed by atoms with Gasteiger partial charge in [-0.2, -0.15) is 13.2 Å². The van der Waals surface area contributed by atoms with Crippen molar-refractivity contribution >= 4 is 11.6 Å². The molecular weight excluding hydrogens is 281 g/mol. The minimum absolute atomic E-state index is 0.157. The van der Waals surface area contributed by atoms with E-state index < -0.39 is 11.7 Å². The second-order valence-corrected chi connectivity index (χ2v) is 5.59. The van der Waals surface area contributed by atoms with E-state index in [2.05, 4.69) is 10.6 Å². The molecule has 0 aliphatic carbocycles. The maximum absolute atomic E-state index is 12.7. The maximum Gasteiger partial charge on any atom is 0.416 e. The molecular formula is C15H19F3N2O. The molecule has 2 atom stereocenters. The van der Waals surface area contributed by atoms with Crippen molar-refractivity contribution in [3.8, 4) is 0 Å². The molecule has 6 heteroatoms. The first kappa shape index (κ1) is 15.8. The predicted octanol–water partition coefficient (Wildman–Crippen LogP) is 3.34. The monoisotopic (exact) mass is 300 g/mol. The fourth-order valence-electron chi connectivity index (χ4n) is 2.54. The Morgan fingerprint density at radius 1 is 1.38 bits per heavy atom. The maximum atomic E-state index is 12.7. The van der Waals surface area contributed by atoms with Gasteiger partial charge in [0.2, 0.25) is 5.91 Å². The molecule has 0 radical (unpaired) electrons. The lowest BCUT2D eigenvalue weighted by atomic mass is 9.92. The van der Waals surface area contributed by atoms with Crippen LogP contribution in [0.25, 0.3) is 0 Å². The van der Waals surface area contributed by atoms with E-state index in [-0.39, 0.29) is 23.6 Å². The summed E-state index contributed by atoms with van der Waals surface area (Å²) in [6.07, 6.45) is -3.01. The molecule has 21 heavy (non-hydrogen) atoms. The van der Waals surface area contributed by atoms with Crippen LogP contribution in [0, 0.1) is 12.8 Å². The molecule has 1 amide bonds. The summed E-state index contributed by atoms with van der Waals surface area (Å²) in [4.78, 5) is 12.2. The standard InChI is InChI=1S/C15H19F3N2O/c1-9-3-4-12(15(16,17)18)8-13(9)20-14(21)11-5-6-19-10(2)7-11/h3-4,8,10-11,19H,5-7H2,1-2H3,(H,20,21)/t10-,11-/m0/s1. The minimum Gasteiger partial charge on any atom is -0.326 e. The van der Waals surface area contributed by atoms with E-state index in [0.29, 0.717) is 18.4 Å². The van der Waals surface area contributed by atoms with Crippen molar-refractivity contribution in [2.45, 2.75) is 38.9 Å². The van der Waals surface area contributed by atoms with Gasteiger partial charge in [0.1, 0.15) is 0 Å². The minimum atomic E-state index is -4.41. The summed E-state index contributed by atoms with van der Waals surface area (Å²) in [7, 11) is 0. The first-order valence-electron chi connectivity index (χ1n) is 6.99. The summed E-state index contributed by atoms with van der Waals surface area (Å²) in [5.74, 6) is -0.360. The summed E-state index contributed by atoms with van der Waals surface area (Å²) in [6, 6.07) is 3.65. The van der Waals surface area contributed by atoms with E-state index in [0.717, 1.165) is 18.7 Å². The number of rotatable bonds is 2. The second-order valence-electron chi connectivity index (χ2n) is 5.59. The highest BCUT2D eigenvalue weighted by atomic mass is 19.4. The van der Waals surface area contributed by atoms with Gasteiger partial charge in [-0.15, -0.1) is 0 Å². The topological polar surface area (TPSA) is 41.1 Å². The Labute approximate surface area is 121 Å². The number of nitrogens with one attached hydrogen (secondary N) is 2. The molecule has 0 spiro atoms. The highest BCUT2D eigenvalue weighted by Crippen LogP contribution is 2.32. The summed E-state index contributed by atoms with van der Waals surface area (Å²) < 4.78 is 38.2. The Bertz CT molecular complexity index is 528. The number of amides is 1. The van der Waals surface area contributed by atoms with Crippen LogP contribution in [0.2, 0.25) is 0 Å². The molecule has 116 valence electrons. The van der Waals surface area contributed by atoms with E-state index in [4.69, 9.17) is 0 Å². The van der Waals surface area contributed by atoms with Gasteiger partial charge >= 0.3 is 6.18 Å². The van der Waals surface area contributed by atoms with E-state index in [1.165, 1.54) is 6.07 Å². The van der Waals surface area contributed by atoms with Gasteiger partial charge in [-0.05, 0) is 50.9 Å². The van der Waals surface area contributed by atoms with E-state index >= 15 is 0 Å². The van der Waals surface area contributed by atoms with Gasteiger partial charge in [0.05, 0.1) is 5.56 Å². The van der Waals surface area contributed by atoms with Gasteiger partial charge < -0.3 is 10.6 Å². The number of hydrogen-bond acceptors (Lipinski definition) is 2. The number of carbonyl (C=O) groups excluding carboxylic acids is 1. The van der Waals surface area contributed by atoms with Crippen molar-refractivity contribution in [3.05, 3.63) is 29.3 Å². The zero-order valence-corrected chi connectivity index (χ0v) is 12.1. The van der Waals surface area contributed by atoms with Crippen LogP contribution in [-0.4, -0.2) is 18.5 Å². The second kappa shape index (κ2) is 6.05. The van der Waals surface area contributed by atoms with Gasteiger partial charge in [0.25, 0.3) is 0 Å². The first-order chi connectivity index (χ1) is 9.77. The van der Waals surface area contributed by atoms with Crippen LogP contribution in [0.4, 0.5) is 18.9 Å². The molecule has 1 aliphatic rings. The van der Waals surface area contributed by atoms with Gasteiger partial charge in [0.15, 0.2) is 0 Å². The molecule has 1 fully saturated rings. The van der Waals surface area contributed by atoms with Crippen LogP contribution >= 0.6 is 0 Å². The summed E-state index contributed by atoms with van der Waals surface area (Å²) in [5, 5.41) is 5.89. The SMILES string of the molecule is Cc1ccc(C(F)(F)F)cc1NC(=O)[C@H]1CCN[C@@H](C)C1. The van der Waals surface area contributed by atoms with Crippen molar-refractivity contribution in [1.29, 1.82) is 0 Å². The third-order valence-electron chi connectivity index (χ3n) is 3.82. The zero-order valence-electron chi connectivity index (χ0n) is 12.1. The van der Waals surface area contributed by atoms with Crippen molar-refractivity contribution in [3.63, 3.8) is 0 Å². The van der Waals surface area contributed by atoms with E-state index in [1.54, 1.807) is 6.92 Å². The first-order valence-corrected chi connectivity index (χ1v) is 6.99. The third kappa shape index (κ3) is 3.97. The van der Waals surface area contributed by atoms with Gasteiger partial charge in [-0.25, -0.2) is 0 Å². The molecule has 0 saturated carbocycles. The molecule has 1 aromatic carbocycles. The average molecular weight is 300 g/mol. The number of anilines is 1. The highest BCUT2D eigenvalue weighted by Gasteiger charge is 2.31. The Morgan fingerprint density at radius 2 is 2.10 bits per heavy atom. The van der Waals surface area contributed by atoms with Gasteiger partial charge in [-0.1, -0.05) is 6.07 Å². The average Bonchev–Trinajstić information content (AvgIpc) is 2.40. The summed E-state index contributed by atoms with van der Waals surface area (Å²) in [5.41, 5.74) is 0.112. The van der Waals surface area contributed by atoms with Crippen molar-refractivity contribution in [2.24, 2.45) is 5.92 Å². The van der Waals surface area contributed by atoms with Crippen LogP contribution in [0.1, 0.15) is 30.9 Å². The predicted molar refractivity (Wildman–Crippen MR) is 75.0 cm³/mol. The smallest absolute Gasteiger partial charge is 0.326 e. The fraction of sp³-hybridized carbons (Fsp3) is 0.533. The Balaban J connectivity index is 2.13. The van der Waals surface area contributed by atoms with Crippen molar-refractivity contribution in [2.75, 3.05) is 11.9 Å². The molecule has 1 aromatic rings. The molecule has 0 unspecified atom stereocenters. The molecule has 1 saturated heterocycles. The molecule has 1 aliphatic heterocycles. The Morgan fingerprint density at radius 3 is 2.71 bits per heavy atom. The Hall–Kier alpha value is -1.56. The molecule has 0 bridgehead atoms. The fourth-order valence-corrected chi connectivity index (χ4v) is 2.54. The summed E-state index contributed by atoms with van der Waals surface area (Å²) in [6.45, 7) is 4.43. The van der Waals surface area contributed by atoms with Gasteiger partial charge in [-0.3, -0.25) is 4.79 Å². The number of alkyl halides is 3. The molecule has 3 nitrogen and oxygen atoms in total. The lowest BCUT2D eigenvalue weighted by molar-refractivity contribution is -0.137. The molecule has 2 N–H and O–H groups in total. The van der Waals surface area contributed by atoms with Crippen LogP contribution in [-0.2, 0) is 11.0 Å². The third-order valence-corrected chi connectivity index (χ3v) is 3.82. The molecule has 2 rings (SSSR count). The van der Waals surface area contributed by atoms with Gasteiger partial charge in [0, 0.05) is 17.6 Å². The Kier molecular flexibility index (Phi) is 4.56. The number of hydrogen-bond donors (Lipinski definition) is 2. The number of halogens is 3. The lowest BCUT2D eigenvalue weighted by Gasteiger charge is -2.27. The number of piperidine rings is 1. The number of carbonyl (C=O) groups is 1. The lowest BCUT2D eigenvalue weighted by Crippen LogP contribution is -2.40. The van der Waals surface area contributed by atoms with Crippen molar-refractivity contribution in [1.82, 2.24) is 5.32 Å². The number of benzene rings is 1.